The van der Waals surface area contributed by atoms with Gasteiger partial charge in [-0.05, 0) is 31.5 Å². The molecule has 0 aliphatic rings. The average Bonchev–Trinajstić information content (AvgIpc) is 2.90. The van der Waals surface area contributed by atoms with E-state index < -0.39 is 6.04 Å². The summed E-state index contributed by atoms with van der Waals surface area (Å²) in [6, 6.07) is 14.9. The first-order chi connectivity index (χ1) is 11.1. The van der Waals surface area contributed by atoms with E-state index in [-0.39, 0.29) is 11.5 Å². The Hall–Kier alpha value is -2.40. The fourth-order valence-corrected chi connectivity index (χ4v) is 3.43. The largest absolute Gasteiger partial charge is 0.350 e. The molecule has 3 rings (SSSR count). The maximum absolute atomic E-state index is 12.4. The molecule has 0 aliphatic carbocycles. The van der Waals surface area contributed by atoms with E-state index in [4.69, 9.17) is 0 Å². The van der Waals surface area contributed by atoms with E-state index in [1.165, 1.54) is 21.1 Å². The molecule has 118 valence electrons. The molecule has 0 bridgehead atoms. The lowest BCUT2D eigenvalue weighted by Crippen LogP contribution is -2.33. The monoisotopic (exact) mass is 326 g/mol. The van der Waals surface area contributed by atoms with E-state index >= 15 is 0 Å². The van der Waals surface area contributed by atoms with Crippen molar-refractivity contribution in [3.63, 3.8) is 0 Å². The highest BCUT2D eigenvalue weighted by molar-refractivity contribution is 7.14. The Bertz CT molecular complexity index is 893. The van der Waals surface area contributed by atoms with Crippen molar-refractivity contribution in [3.8, 4) is 0 Å². The summed E-state index contributed by atoms with van der Waals surface area (Å²) in [7, 11) is 0. The third-order valence-electron chi connectivity index (χ3n) is 3.83. The summed E-state index contributed by atoms with van der Waals surface area (Å²) in [5, 5.41) is 3.56. The van der Waals surface area contributed by atoms with Crippen LogP contribution in [0.5, 0.6) is 0 Å². The molecule has 0 fully saturated rings. The van der Waals surface area contributed by atoms with Crippen LogP contribution in [0.15, 0.2) is 53.3 Å². The van der Waals surface area contributed by atoms with Gasteiger partial charge in [-0.1, -0.05) is 53.5 Å². The summed E-state index contributed by atoms with van der Waals surface area (Å²) in [6.45, 7) is 4.24. The molecule has 1 aromatic heterocycles. The maximum atomic E-state index is 12.4. The first kappa shape index (κ1) is 15.5. The minimum Gasteiger partial charge on any atom is -0.350 e. The lowest BCUT2D eigenvalue weighted by Gasteiger charge is -2.12. The van der Waals surface area contributed by atoms with Gasteiger partial charge in [0.25, 0.3) is 5.56 Å². The van der Waals surface area contributed by atoms with Crippen LogP contribution < -0.4 is 10.9 Å². The molecule has 0 unspecified atom stereocenters. The standard InChI is InChI=1S/C18H18N2O2S/c1-12-7-9-14(10-8-12)11-19-17(21)13(2)20-18(22)15-5-3-4-6-16(15)23-20/h3-10,13H,11H2,1-2H3,(H,19,21)/t13-/m0/s1. The number of nitrogens with one attached hydrogen (secondary N) is 1. The Morgan fingerprint density at radius 1 is 1.17 bits per heavy atom. The molecule has 0 spiro atoms. The summed E-state index contributed by atoms with van der Waals surface area (Å²) >= 11 is 1.33. The van der Waals surface area contributed by atoms with Crippen molar-refractivity contribution in [2.24, 2.45) is 0 Å². The van der Waals surface area contributed by atoms with Gasteiger partial charge >= 0.3 is 0 Å². The predicted molar refractivity (Wildman–Crippen MR) is 93.8 cm³/mol. The number of hydrogen-bond donors (Lipinski definition) is 1. The Morgan fingerprint density at radius 2 is 1.87 bits per heavy atom. The molecule has 2 aromatic carbocycles. The van der Waals surface area contributed by atoms with Crippen molar-refractivity contribution in [1.29, 1.82) is 0 Å². The lowest BCUT2D eigenvalue weighted by atomic mass is 10.1. The van der Waals surface area contributed by atoms with Crippen molar-refractivity contribution in [3.05, 3.63) is 70.0 Å². The van der Waals surface area contributed by atoms with Gasteiger partial charge in [-0.15, -0.1) is 0 Å². The Labute approximate surface area is 138 Å². The van der Waals surface area contributed by atoms with Gasteiger partial charge in [0.2, 0.25) is 5.91 Å². The molecule has 0 saturated carbocycles. The topological polar surface area (TPSA) is 51.1 Å². The summed E-state index contributed by atoms with van der Waals surface area (Å²) in [6.07, 6.45) is 0. The number of carbonyl (C=O) groups is 1. The minimum atomic E-state index is -0.523. The van der Waals surface area contributed by atoms with Crippen LogP contribution >= 0.6 is 11.5 Å². The Kier molecular flexibility index (Phi) is 4.30. The highest BCUT2D eigenvalue weighted by Gasteiger charge is 2.19. The molecule has 3 aromatic rings. The molecule has 5 heteroatoms. The van der Waals surface area contributed by atoms with Crippen LogP contribution in [0.1, 0.15) is 24.1 Å². The third kappa shape index (κ3) is 3.19. The molecule has 4 nitrogen and oxygen atoms in total. The maximum Gasteiger partial charge on any atom is 0.269 e. The molecule has 1 N–H and O–H groups in total. The summed E-state index contributed by atoms with van der Waals surface area (Å²) in [4.78, 5) is 24.7. The van der Waals surface area contributed by atoms with Gasteiger partial charge in [-0.3, -0.25) is 13.5 Å². The number of rotatable bonds is 4. The number of amides is 1. The van der Waals surface area contributed by atoms with E-state index in [1.807, 2.05) is 49.4 Å². The van der Waals surface area contributed by atoms with Crippen molar-refractivity contribution in [1.82, 2.24) is 9.27 Å². The van der Waals surface area contributed by atoms with Crippen LogP contribution in [0.3, 0.4) is 0 Å². The molecular formula is C18H18N2O2S. The average molecular weight is 326 g/mol. The number of carbonyl (C=O) groups excluding carboxylic acids is 1. The first-order valence-corrected chi connectivity index (χ1v) is 8.27. The minimum absolute atomic E-state index is 0.108. The number of fused-ring (bicyclic) bond motifs is 1. The fraction of sp³-hybridized carbons (Fsp3) is 0.222. The van der Waals surface area contributed by atoms with Gasteiger partial charge in [-0.25, -0.2) is 0 Å². The third-order valence-corrected chi connectivity index (χ3v) is 5.06. The quantitative estimate of drug-likeness (QED) is 0.800. The smallest absolute Gasteiger partial charge is 0.269 e. The second-order valence-corrected chi connectivity index (χ2v) is 6.61. The lowest BCUT2D eigenvalue weighted by molar-refractivity contribution is -0.123. The normalized spacial score (nSPS) is 12.3. The van der Waals surface area contributed by atoms with Gasteiger partial charge < -0.3 is 5.32 Å². The van der Waals surface area contributed by atoms with E-state index in [2.05, 4.69) is 5.32 Å². The van der Waals surface area contributed by atoms with Gasteiger partial charge in [0.15, 0.2) is 0 Å². The molecule has 1 amide bonds. The molecule has 1 atom stereocenters. The number of hydrogen-bond acceptors (Lipinski definition) is 3. The van der Waals surface area contributed by atoms with Crippen LogP contribution in [0.2, 0.25) is 0 Å². The Morgan fingerprint density at radius 3 is 2.57 bits per heavy atom. The van der Waals surface area contributed by atoms with E-state index in [1.54, 1.807) is 13.0 Å². The van der Waals surface area contributed by atoms with Gasteiger partial charge in [0, 0.05) is 6.54 Å². The van der Waals surface area contributed by atoms with E-state index in [9.17, 15) is 9.59 Å². The van der Waals surface area contributed by atoms with Crippen molar-refractivity contribution in [2.45, 2.75) is 26.4 Å². The van der Waals surface area contributed by atoms with Crippen molar-refractivity contribution >= 4 is 27.5 Å². The molecular weight excluding hydrogens is 308 g/mol. The predicted octanol–water partition coefficient (Wildman–Crippen LogP) is 3.25. The fourth-order valence-electron chi connectivity index (χ4n) is 2.39. The van der Waals surface area contributed by atoms with Gasteiger partial charge in [-0.2, -0.15) is 0 Å². The summed E-state index contributed by atoms with van der Waals surface area (Å²) in [5.41, 5.74) is 2.12. The summed E-state index contributed by atoms with van der Waals surface area (Å²) < 4.78 is 2.44. The highest BCUT2D eigenvalue weighted by Crippen LogP contribution is 2.19. The van der Waals surface area contributed by atoms with Crippen LogP contribution in [0, 0.1) is 6.92 Å². The molecule has 0 saturated heterocycles. The molecule has 0 radical (unpaired) electrons. The van der Waals surface area contributed by atoms with Crippen LogP contribution in [-0.2, 0) is 11.3 Å². The van der Waals surface area contributed by atoms with E-state index in [0.29, 0.717) is 11.9 Å². The van der Waals surface area contributed by atoms with Gasteiger partial charge in [0.1, 0.15) is 6.04 Å². The molecule has 0 aliphatic heterocycles. The van der Waals surface area contributed by atoms with Crippen LogP contribution in [0.25, 0.3) is 10.1 Å². The van der Waals surface area contributed by atoms with Crippen molar-refractivity contribution in [2.75, 3.05) is 0 Å². The second-order valence-electron chi connectivity index (χ2n) is 5.60. The van der Waals surface area contributed by atoms with E-state index in [0.717, 1.165) is 10.3 Å². The first-order valence-electron chi connectivity index (χ1n) is 7.50. The zero-order valence-electron chi connectivity index (χ0n) is 13.1. The Balaban J connectivity index is 1.74. The van der Waals surface area contributed by atoms with Crippen LogP contribution in [-0.4, -0.2) is 9.86 Å². The second kappa shape index (κ2) is 6.38. The molecule has 1 heterocycles. The zero-order valence-corrected chi connectivity index (χ0v) is 13.9. The number of aryl methyl sites for hydroxylation is 1. The zero-order chi connectivity index (χ0) is 16.4. The van der Waals surface area contributed by atoms with Crippen LogP contribution in [0.4, 0.5) is 0 Å². The van der Waals surface area contributed by atoms with Gasteiger partial charge in [0.05, 0.1) is 10.1 Å². The number of benzene rings is 2. The number of aromatic nitrogens is 1. The number of nitrogens with zero attached hydrogens (tertiary/aromatic N) is 1. The molecule has 23 heavy (non-hydrogen) atoms. The van der Waals surface area contributed by atoms with Crippen molar-refractivity contribution < 1.29 is 4.79 Å². The highest BCUT2D eigenvalue weighted by atomic mass is 32.1. The summed E-state index contributed by atoms with van der Waals surface area (Å²) in [5.74, 6) is -0.153. The SMILES string of the molecule is Cc1ccc(CNC(=O)[C@H](C)n2sc3ccccc3c2=O)cc1.